The highest BCUT2D eigenvalue weighted by molar-refractivity contribution is 5.97. The molecule has 0 fully saturated rings. The third-order valence-corrected chi connectivity index (χ3v) is 2.18. The summed E-state index contributed by atoms with van der Waals surface area (Å²) < 4.78 is 0. The molecule has 0 heterocycles. The van der Waals surface area contributed by atoms with Gasteiger partial charge in [-0.1, -0.05) is 36.4 Å². The number of hydrogen-bond acceptors (Lipinski definition) is 4. The first-order valence-corrected chi connectivity index (χ1v) is 5.64. The van der Waals surface area contributed by atoms with E-state index in [1.165, 1.54) is 0 Å². The van der Waals surface area contributed by atoms with Crippen LogP contribution in [0, 0.1) is 11.3 Å². The molecule has 0 radical (unpaired) electrons. The molecule has 0 aliphatic rings. The molecule has 0 atom stereocenters. The van der Waals surface area contributed by atoms with E-state index in [4.69, 9.17) is 5.26 Å². The molecule has 92 valence electrons. The van der Waals surface area contributed by atoms with Crippen LogP contribution in [0.5, 0.6) is 0 Å². The Labute approximate surface area is 110 Å². The second kappa shape index (κ2) is 6.67. The zero-order chi connectivity index (χ0) is 13.3. The summed E-state index contributed by atoms with van der Waals surface area (Å²) in [5.74, 6) is -0.0345. The van der Waals surface area contributed by atoms with Gasteiger partial charge in [-0.15, -0.1) is 15.3 Å². The second-order valence-corrected chi connectivity index (χ2v) is 3.56. The van der Waals surface area contributed by atoms with Gasteiger partial charge in [0.05, 0.1) is 11.4 Å². The highest BCUT2D eigenvalue weighted by Gasteiger charge is 1.94. The van der Waals surface area contributed by atoms with Crippen LogP contribution in [0.15, 0.2) is 76.0 Å². The van der Waals surface area contributed by atoms with Gasteiger partial charge in [0.25, 0.3) is 5.84 Å². The highest BCUT2D eigenvalue weighted by atomic mass is 15.3. The van der Waals surface area contributed by atoms with E-state index in [1.54, 1.807) is 12.1 Å². The molecule has 2 aromatic carbocycles. The van der Waals surface area contributed by atoms with Crippen LogP contribution in [0.25, 0.3) is 0 Å². The van der Waals surface area contributed by atoms with Gasteiger partial charge in [0.1, 0.15) is 6.07 Å². The zero-order valence-corrected chi connectivity index (χ0v) is 10.1. The standard InChI is InChI=1S/C14H11N5/c15-11-14(18-16-12-7-3-1-4-8-12)19-17-13-9-5-2-6-10-13/h1-10,16H/b18-14+,19-17?. The summed E-state index contributed by atoms with van der Waals surface area (Å²) in [6.45, 7) is 0. The van der Waals surface area contributed by atoms with Crippen LogP contribution in [0.2, 0.25) is 0 Å². The van der Waals surface area contributed by atoms with Crippen molar-refractivity contribution in [1.29, 1.82) is 5.26 Å². The van der Waals surface area contributed by atoms with E-state index in [-0.39, 0.29) is 5.84 Å². The molecule has 19 heavy (non-hydrogen) atoms. The molecule has 0 aliphatic heterocycles. The van der Waals surface area contributed by atoms with Crippen molar-refractivity contribution in [2.24, 2.45) is 15.3 Å². The zero-order valence-electron chi connectivity index (χ0n) is 10.1. The van der Waals surface area contributed by atoms with Gasteiger partial charge in [-0.25, -0.2) is 0 Å². The Morgan fingerprint density at radius 2 is 1.58 bits per heavy atom. The van der Waals surface area contributed by atoms with Crippen molar-refractivity contribution < 1.29 is 0 Å². The second-order valence-electron chi connectivity index (χ2n) is 3.56. The van der Waals surface area contributed by atoms with Gasteiger partial charge in [0.15, 0.2) is 0 Å². The Morgan fingerprint density at radius 3 is 2.21 bits per heavy atom. The van der Waals surface area contributed by atoms with Gasteiger partial charge in [0.2, 0.25) is 0 Å². The van der Waals surface area contributed by atoms with Crippen LogP contribution in [0.4, 0.5) is 11.4 Å². The fourth-order valence-corrected chi connectivity index (χ4v) is 1.30. The summed E-state index contributed by atoms with van der Waals surface area (Å²) in [5.41, 5.74) is 4.20. The van der Waals surface area contributed by atoms with Gasteiger partial charge in [-0.3, -0.25) is 5.43 Å². The quantitative estimate of drug-likeness (QED) is 0.389. The lowest BCUT2D eigenvalue weighted by atomic mass is 10.3. The Morgan fingerprint density at radius 1 is 0.947 bits per heavy atom. The lowest BCUT2D eigenvalue weighted by Crippen LogP contribution is -1.95. The van der Waals surface area contributed by atoms with E-state index in [2.05, 4.69) is 20.8 Å². The molecule has 2 rings (SSSR count). The number of para-hydroxylation sites is 1. The maximum absolute atomic E-state index is 8.91. The Balaban J connectivity index is 2.05. The first-order valence-electron chi connectivity index (χ1n) is 5.64. The van der Waals surface area contributed by atoms with Crippen LogP contribution >= 0.6 is 0 Å². The monoisotopic (exact) mass is 249 g/mol. The predicted octanol–water partition coefficient (Wildman–Crippen LogP) is 3.72. The van der Waals surface area contributed by atoms with Gasteiger partial charge in [-0.2, -0.15) is 5.26 Å². The van der Waals surface area contributed by atoms with Gasteiger partial charge in [0, 0.05) is 0 Å². The van der Waals surface area contributed by atoms with E-state index in [9.17, 15) is 0 Å². The van der Waals surface area contributed by atoms with Crippen LogP contribution in [-0.2, 0) is 0 Å². The van der Waals surface area contributed by atoms with Gasteiger partial charge >= 0.3 is 0 Å². The van der Waals surface area contributed by atoms with Gasteiger partial charge < -0.3 is 0 Å². The van der Waals surface area contributed by atoms with E-state index in [0.717, 1.165) is 5.69 Å². The van der Waals surface area contributed by atoms with Crippen molar-refractivity contribution in [1.82, 2.24) is 0 Å². The molecule has 5 heteroatoms. The molecule has 0 amide bonds. The Kier molecular flexibility index (Phi) is 4.37. The minimum absolute atomic E-state index is 0.0345. The molecule has 0 aliphatic carbocycles. The molecule has 0 unspecified atom stereocenters. The van der Waals surface area contributed by atoms with Crippen molar-refractivity contribution in [3.05, 3.63) is 60.7 Å². The number of hydrazone groups is 1. The van der Waals surface area contributed by atoms with Crippen LogP contribution < -0.4 is 5.43 Å². The van der Waals surface area contributed by atoms with E-state index >= 15 is 0 Å². The Hall–Kier alpha value is -3.00. The summed E-state index contributed by atoms with van der Waals surface area (Å²) in [6, 6.07) is 20.4. The predicted molar refractivity (Wildman–Crippen MR) is 74.1 cm³/mol. The fourth-order valence-electron chi connectivity index (χ4n) is 1.30. The number of hydrogen-bond donors (Lipinski definition) is 1. The SMILES string of the molecule is N#C/C(N=Nc1ccccc1)=N\Nc1ccccc1. The number of azo groups is 1. The summed E-state index contributed by atoms with van der Waals surface area (Å²) in [4.78, 5) is 0. The molecular weight excluding hydrogens is 238 g/mol. The number of nitriles is 1. The first kappa shape index (κ1) is 12.5. The largest absolute Gasteiger partial charge is 0.276 e. The maximum Gasteiger partial charge on any atom is 0.270 e. The number of anilines is 1. The highest BCUT2D eigenvalue weighted by Crippen LogP contribution is 2.10. The van der Waals surface area contributed by atoms with Crippen molar-refractivity contribution in [2.45, 2.75) is 0 Å². The number of benzene rings is 2. The molecule has 0 spiro atoms. The van der Waals surface area contributed by atoms with Crippen molar-refractivity contribution in [3.8, 4) is 6.07 Å². The smallest absolute Gasteiger partial charge is 0.270 e. The molecule has 0 aromatic heterocycles. The maximum atomic E-state index is 8.91. The lowest BCUT2D eigenvalue weighted by molar-refractivity contribution is 1.23. The van der Waals surface area contributed by atoms with Crippen LogP contribution in [-0.4, -0.2) is 5.84 Å². The van der Waals surface area contributed by atoms with E-state index in [0.29, 0.717) is 5.69 Å². The number of amidine groups is 1. The van der Waals surface area contributed by atoms with Gasteiger partial charge in [-0.05, 0) is 24.3 Å². The van der Waals surface area contributed by atoms with Crippen molar-refractivity contribution >= 4 is 17.2 Å². The first-order chi connectivity index (χ1) is 9.38. The average molecular weight is 249 g/mol. The molecule has 2 aromatic rings. The molecular formula is C14H11N5. The number of nitrogens with one attached hydrogen (secondary N) is 1. The van der Waals surface area contributed by atoms with Crippen molar-refractivity contribution in [2.75, 3.05) is 5.43 Å². The van der Waals surface area contributed by atoms with E-state index < -0.39 is 0 Å². The van der Waals surface area contributed by atoms with Crippen LogP contribution in [0.1, 0.15) is 0 Å². The summed E-state index contributed by atoms with van der Waals surface area (Å²) in [5, 5.41) is 20.5. The molecule has 0 saturated carbocycles. The Bertz CT molecular complexity index is 611. The molecule has 0 saturated heterocycles. The van der Waals surface area contributed by atoms with Crippen LogP contribution in [0.3, 0.4) is 0 Å². The third-order valence-electron chi connectivity index (χ3n) is 2.18. The third kappa shape index (κ3) is 4.06. The van der Waals surface area contributed by atoms with Crippen molar-refractivity contribution in [3.63, 3.8) is 0 Å². The minimum Gasteiger partial charge on any atom is -0.276 e. The molecule has 1 N–H and O–H groups in total. The topological polar surface area (TPSA) is 72.9 Å². The molecule has 5 nitrogen and oxygen atoms in total. The minimum atomic E-state index is -0.0345. The number of nitrogens with zero attached hydrogens (tertiary/aromatic N) is 4. The number of rotatable bonds is 3. The molecule has 0 bridgehead atoms. The average Bonchev–Trinajstić information content (AvgIpc) is 2.49. The summed E-state index contributed by atoms with van der Waals surface area (Å²) in [6.07, 6.45) is 0. The van der Waals surface area contributed by atoms with E-state index in [1.807, 2.05) is 54.6 Å². The lowest BCUT2D eigenvalue weighted by Gasteiger charge is -1.97. The summed E-state index contributed by atoms with van der Waals surface area (Å²) in [7, 11) is 0. The normalized spacial score (nSPS) is 11.2. The fraction of sp³-hybridized carbons (Fsp3) is 0. The summed E-state index contributed by atoms with van der Waals surface area (Å²) >= 11 is 0.